The maximum absolute atomic E-state index is 12.4. The van der Waals surface area contributed by atoms with E-state index in [0.717, 1.165) is 18.4 Å². The molecule has 1 aliphatic carbocycles. The van der Waals surface area contributed by atoms with Crippen molar-refractivity contribution in [3.8, 4) is 0 Å². The maximum Gasteiger partial charge on any atom is 0.269 e. The zero-order valence-corrected chi connectivity index (χ0v) is 14.3. The Hall–Kier alpha value is -1.43. The van der Waals surface area contributed by atoms with Gasteiger partial charge in [-0.05, 0) is 51.0 Å². The highest BCUT2D eigenvalue weighted by atomic mass is 32.2. The second-order valence-electron chi connectivity index (χ2n) is 7.18. The third-order valence-electron chi connectivity index (χ3n) is 4.44. The lowest BCUT2D eigenvalue weighted by Gasteiger charge is -2.19. The van der Waals surface area contributed by atoms with Crippen LogP contribution in [-0.2, 0) is 9.84 Å². The SMILES string of the molecule is CC(CC1CC1S(=O)(=O)C(C)(C)C)c1ccc([N+](=O)[O-])cc1. The molecule has 0 N–H and O–H groups in total. The summed E-state index contributed by atoms with van der Waals surface area (Å²) in [5, 5.41) is 10.4. The van der Waals surface area contributed by atoms with E-state index in [1.165, 1.54) is 12.1 Å². The molecule has 1 aromatic rings. The molecule has 0 saturated heterocycles. The number of hydrogen-bond donors (Lipinski definition) is 0. The Labute approximate surface area is 131 Å². The van der Waals surface area contributed by atoms with E-state index >= 15 is 0 Å². The highest BCUT2D eigenvalue weighted by Crippen LogP contribution is 2.47. The molecule has 5 nitrogen and oxygen atoms in total. The van der Waals surface area contributed by atoms with Crippen LogP contribution in [0.15, 0.2) is 24.3 Å². The van der Waals surface area contributed by atoms with E-state index < -0.39 is 19.5 Å². The first-order valence-corrected chi connectivity index (χ1v) is 9.06. The lowest BCUT2D eigenvalue weighted by atomic mass is 9.95. The first-order chi connectivity index (χ1) is 10.0. The summed E-state index contributed by atoms with van der Waals surface area (Å²) in [4.78, 5) is 10.2. The first kappa shape index (κ1) is 16.9. The van der Waals surface area contributed by atoms with Crippen molar-refractivity contribution >= 4 is 15.5 Å². The molecule has 0 aromatic heterocycles. The van der Waals surface area contributed by atoms with Crippen LogP contribution in [0.25, 0.3) is 0 Å². The molecule has 0 spiro atoms. The van der Waals surface area contributed by atoms with E-state index in [4.69, 9.17) is 0 Å². The van der Waals surface area contributed by atoms with E-state index in [9.17, 15) is 18.5 Å². The zero-order valence-electron chi connectivity index (χ0n) is 13.4. The van der Waals surface area contributed by atoms with Crippen LogP contribution in [-0.4, -0.2) is 23.3 Å². The van der Waals surface area contributed by atoms with E-state index in [0.29, 0.717) is 0 Å². The van der Waals surface area contributed by atoms with Crippen molar-refractivity contribution in [2.24, 2.45) is 5.92 Å². The highest BCUT2D eigenvalue weighted by Gasteiger charge is 2.51. The molecule has 6 heteroatoms. The van der Waals surface area contributed by atoms with E-state index in [1.54, 1.807) is 32.9 Å². The Bertz CT molecular complexity index is 658. The summed E-state index contributed by atoms with van der Waals surface area (Å²) in [5.74, 6) is 0.403. The monoisotopic (exact) mass is 325 g/mol. The topological polar surface area (TPSA) is 77.3 Å². The van der Waals surface area contributed by atoms with Gasteiger partial charge in [0.25, 0.3) is 5.69 Å². The molecule has 122 valence electrons. The van der Waals surface area contributed by atoms with Gasteiger partial charge in [0.2, 0.25) is 0 Å². The number of nitrogens with zero attached hydrogens (tertiary/aromatic N) is 1. The molecular weight excluding hydrogens is 302 g/mol. The Morgan fingerprint density at radius 1 is 1.27 bits per heavy atom. The molecule has 0 aliphatic heterocycles. The summed E-state index contributed by atoms with van der Waals surface area (Å²) in [7, 11) is -3.09. The normalized spacial score (nSPS) is 23.1. The molecule has 2 rings (SSSR count). The van der Waals surface area contributed by atoms with Crippen LogP contribution in [0.1, 0.15) is 52.0 Å². The van der Waals surface area contributed by atoms with Crippen LogP contribution in [0.3, 0.4) is 0 Å². The summed E-state index contributed by atoms with van der Waals surface area (Å²) >= 11 is 0. The summed E-state index contributed by atoms with van der Waals surface area (Å²) in [6.45, 7) is 7.28. The van der Waals surface area contributed by atoms with Gasteiger partial charge in [-0.15, -0.1) is 0 Å². The van der Waals surface area contributed by atoms with E-state index in [-0.39, 0.29) is 22.8 Å². The predicted molar refractivity (Wildman–Crippen MR) is 86.7 cm³/mol. The molecule has 1 saturated carbocycles. The fourth-order valence-corrected chi connectivity index (χ4v) is 4.84. The molecule has 3 atom stereocenters. The smallest absolute Gasteiger partial charge is 0.258 e. The number of sulfone groups is 1. The second-order valence-corrected chi connectivity index (χ2v) is 10.1. The summed E-state index contributed by atoms with van der Waals surface area (Å²) in [6, 6.07) is 6.53. The standard InChI is InChI=1S/C16H23NO4S/c1-11(12-5-7-14(8-6-12)17(18)19)9-13-10-15(13)22(20,21)16(2,3)4/h5-8,11,13,15H,9-10H2,1-4H3. The van der Waals surface area contributed by atoms with Gasteiger partial charge in [0.05, 0.1) is 14.9 Å². The molecule has 1 aliphatic rings. The van der Waals surface area contributed by atoms with E-state index in [1.807, 2.05) is 6.92 Å². The van der Waals surface area contributed by atoms with Gasteiger partial charge < -0.3 is 0 Å². The number of nitro benzene ring substituents is 1. The minimum absolute atomic E-state index is 0.0792. The van der Waals surface area contributed by atoms with Gasteiger partial charge in [0, 0.05) is 12.1 Å². The molecule has 3 unspecified atom stereocenters. The number of non-ortho nitro benzene ring substituents is 1. The number of benzene rings is 1. The van der Waals surface area contributed by atoms with Crippen LogP contribution in [0.5, 0.6) is 0 Å². The van der Waals surface area contributed by atoms with Crippen molar-refractivity contribution < 1.29 is 13.3 Å². The van der Waals surface area contributed by atoms with Crippen molar-refractivity contribution in [1.82, 2.24) is 0 Å². The fourth-order valence-electron chi connectivity index (χ4n) is 2.82. The van der Waals surface area contributed by atoms with Crippen molar-refractivity contribution in [3.63, 3.8) is 0 Å². The minimum Gasteiger partial charge on any atom is -0.258 e. The minimum atomic E-state index is -3.09. The first-order valence-electron chi connectivity index (χ1n) is 7.52. The highest BCUT2D eigenvalue weighted by molar-refractivity contribution is 7.93. The van der Waals surface area contributed by atoms with Gasteiger partial charge in [-0.2, -0.15) is 0 Å². The Morgan fingerprint density at radius 2 is 1.82 bits per heavy atom. The Morgan fingerprint density at radius 3 is 2.27 bits per heavy atom. The molecule has 1 fully saturated rings. The summed E-state index contributed by atoms with van der Waals surface area (Å²) < 4.78 is 24.1. The largest absolute Gasteiger partial charge is 0.269 e. The van der Waals surface area contributed by atoms with Crippen molar-refractivity contribution in [3.05, 3.63) is 39.9 Å². The van der Waals surface area contributed by atoms with Crippen molar-refractivity contribution in [1.29, 1.82) is 0 Å². The van der Waals surface area contributed by atoms with Crippen molar-refractivity contribution in [2.75, 3.05) is 0 Å². The number of hydrogen-bond acceptors (Lipinski definition) is 4. The molecule has 0 heterocycles. The van der Waals surface area contributed by atoms with Gasteiger partial charge in [0.1, 0.15) is 0 Å². The average molecular weight is 325 g/mol. The molecule has 1 aromatic carbocycles. The molecule has 0 bridgehead atoms. The summed E-state index contributed by atoms with van der Waals surface area (Å²) in [5.41, 5.74) is 1.10. The van der Waals surface area contributed by atoms with Crippen LogP contribution in [0.4, 0.5) is 5.69 Å². The second kappa shape index (κ2) is 5.65. The van der Waals surface area contributed by atoms with Crippen LogP contribution in [0.2, 0.25) is 0 Å². The number of rotatable bonds is 5. The third kappa shape index (κ3) is 3.32. The molecule has 0 radical (unpaired) electrons. The Balaban J connectivity index is 2.00. The van der Waals surface area contributed by atoms with Crippen molar-refractivity contribution in [2.45, 2.75) is 56.5 Å². The number of nitro groups is 1. The van der Waals surface area contributed by atoms with Crippen LogP contribution in [0, 0.1) is 16.0 Å². The average Bonchev–Trinajstić information content (AvgIpc) is 3.17. The molecule has 22 heavy (non-hydrogen) atoms. The van der Waals surface area contributed by atoms with Gasteiger partial charge in [-0.3, -0.25) is 10.1 Å². The third-order valence-corrected chi connectivity index (χ3v) is 7.52. The molecule has 0 amide bonds. The van der Waals surface area contributed by atoms with E-state index in [2.05, 4.69) is 0 Å². The van der Waals surface area contributed by atoms with Gasteiger partial charge in [0.15, 0.2) is 9.84 Å². The van der Waals surface area contributed by atoms with Gasteiger partial charge >= 0.3 is 0 Å². The molecular formula is C16H23NO4S. The Kier molecular flexibility index (Phi) is 4.35. The zero-order chi connectivity index (χ0) is 16.7. The van der Waals surface area contributed by atoms with Crippen LogP contribution >= 0.6 is 0 Å². The lowest BCUT2D eigenvalue weighted by Crippen LogP contribution is -2.32. The quantitative estimate of drug-likeness (QED) is 0.611. The van der Waals surface area contributed by atoms with Crippen LogP contribution < -0.4 is 0 Å². The fraction of sp³-hybridized carbons (Fsp3) is 0.625. The summed E-state index contributed by atoms with van der Waals surface area (Å²) in [6.07, 6.45) is 1.54. The van der Waals surface area contributed by atoms with Gasteiger partial charge in [-0.25, -0.2) is 8.42 Å². The van der Waals surface area contributed by atoms with Gasteiger partial charge in [-0.1, -0.05) is 19.1 Å². The predicted octanol–water partition coefficient (Wildman–Crippen LogP) is 3.69. The maximum atomic E-state index is 12.4. The lowest BCUT2D eigenvalue weighted by molar-refractivity contribution is -0.384.